The molecule has 0 unspecified atom stereocenters. The first-order chi connectivity index (χ1) is 24.1. The van der Waals surface area contributed by atoms with Crippen LogP contribution in [0.25, 0.3) is 33.4 Å². The number of halogens is 12. The first-order valence-corrected chi connectivity index (χ1v) is 15.4. The van der Waals surface area contributed by atoms with Crippen LogP contribution in [0.5, 0.6) is 0 Å². The minimum absolute atomic E-state index is 0.0336. The molecule has 0 aromatic carbocycles. The number of rotatable bonds is 4. The van der Waals surface area contributed by atoms with Gasteiger partial charge in [-0.3, -0.25) is 13.7 Å². The van der Waals surface area contributed by atoms with Gasteiger partial charge in [0.15, 0.2) is 0 Å². The van der Waals surface area contributed by atoms with Gasteiger partial charge >= 0.3 is 24.7 Å². The molecule has 0 bridgehead atoms. The van der Waals surface area contributed by atoms with Gasteiger partial charge in [0, 0.05) is 36.3 Å². The molecule has 6 aromatic rings. The molecule has 7 heterocycles. The Morgan fingerprint density at radius 3 is 1.40 bits per heavy atom. The van der Waals surface area contributed by atoms with E-state index in [0.29, 0.717) is 24.5 Å². The van der Waals surface area contributed by atoms with Crippen molar-refractivity contribution < 1.29 is 52.7 Å². The Hall–Kier alpha value is -4.72. The Balaban J connectivity index is 0.000000179. The monoisotopic (exact) mass is 750 g/mol. The summed E-state index contributed by atoms with van der Waals surface area (Å²) in [6.07, 6.45) is -14.9. The summed E-state index contributed by atoms with van der Waals surface area (Å²) in [4.78, 5) is 19.4. The van der Waals surface area contributed by atoms with Crippen LogP contribution in [-0.4, -0.2) is 65.7 Å². The molecule has 1 aliphatic heterocycles. The molecule has 0 atom stereocenters. The van der Waals surface area contributed by atoms with E-state index in [9.17, 15) is 52.7 Å². The fourth-order valence-electron chi connectivity index (χ4n) is 5.96. The number of fused-ring (bicyclic) bond motifs is 6. The van der Waals surface area contributed by atoms with Crippen LogP contribution in [0.1, 0.15) is 46.7 Å². The smallest absolute Gasteiger partial charge is 0.304 e. The number of hydrogen-bond acceptors (Lipinski definition) is 6. The number of likely N-dealkylation sites (tertiary alicyclic amines) is 1. The van der Waals surface area contributed by atoms with E-state index in [1.807, 2.05) is 0 Å². The Morgan fingerprint density at radius 2 is 1.00 bits per heavy atom. The van der Waals surface area contributed by atoms with Crippen molar-refractivity contribution in [2.75, 3.05) is 27.2 Å². The Morgan fingerprint density at radius 1 is 0.577 bits per heavy atom. The van der Waals surface area contributed by atoms with Crippen LogP contribution in [0.3, 0.4) is 0 Å². The van der Waals surface area contributed by atoms with Gasteiger partial charge in [-0.25, -0.2) is 19.9 Å². The molecule has 0 N–H and O–H groups in total. The second kappa shape index (κ2) is 13.0. The number of hydrogen-bond donors (Lipinski definition) is 0. The summed E-state index contributed by atoms with van der Waals surface area (Å²) in [5.74, 6) is 0. The lowest BCUT2D eigenvalue weighted by molar-refractivity contribution is -0.146. The van der Waals surface area contributed by atoms with Gasteiger partial charge in [0.2, 0.25) is 0 Å². The van der Waals surface area contributed by atoms with Crippen LogP contribution in [-0.2, 0) is 37.8 Å². The molecule has 0 aliphatic carbocycles. The maximum atomic E-state index is 13.3. The second-order valence-corrected chi connectivity index (χ2v) is 12.4. The number of pyridine rings is 4. The van der Waals surface area contributed by atoms with E-state index in [-0.39, 0.29) is 23.4 Å². The highest BCUT2D eigenvalue weighted by molar-refractivity contribution is 5.84. The molecule has 6 aromatic heterocycles. The van der Waals surface area contributed by atoms with E-state index in [1.165, 1.54) is 28.9 Å². The molecule has 0 radical (unpaired) electrons. The fraction of sp³-hybridized carbons (Fsp3) is 0.375. The van der Waals surface area contributed by atoms with Gasteiger partial charge in [-0.1, -0.05) is 0 Å². The van der Waals surface area contributed by atoms with E-state index in [2.05, 4.69) is 24.8 Å². The Labute approximate surface area is 285 Å². The molecule has 0 spiro atoms. The minimum Gasteiger partial charge on any atom is -0.304 e. The van der Waals surface area contributed by atoms with Crippen LogP contribution in [0.4, 0.5) is 52.7 Å². The lowest BCUT2D eigenvalue weighted by atomic mass is 10.1. The summed E-state index contributed by atoms with van der Waals surface area (Å²) >= 11 is 0. The third-order valence-corrected chi connectivity index (χ3v) is 8.15. The molecule has 8 nitrogen and oxygen atoms in total. The third-order valence-electron chi connectivity index (χ3n) is 8.15. The molecule has 1 aliphatic rings. The lowest BCUT2D eigenvalue weighted by Crippen LogP contribution is -2.18. The summed E-state index contributed by atoms with van der Waals surface area (Å²) in [6, 6.07) is 4.98. The van der Waals surface area contributed by atoms with E-state index in [1.54, 1.807) is 19.0 Å². The molecule has 0 amide bonds. The van der Waals surface area contributed by atoms with Gasteiger partial charge in [-0.05, 0) is 76.4 Å². The zero-order valence-electron chi connectivity index (χ0n) is 27.0. The van der Waals surface area contributed by atoms with Crippen molar-refractivity contribution in [1.82, 2.24) is 38.5 Å². The molecule has 278 valence electrons. The topological polar surface area (TPSA) is 66.9 Å². The van der Waals surface area contributed by atoms with Crippen LogP contribution in [0.2, 0.25) is 0 Å². The average Bonchev–Trinajstić information content (AvgIpc) is 3.78. The third kappa shape index (κ3) is 7.57. The molecular formula is C32H26F12N8. The summed E-state index contributed by atoms with van der Waals surface area (Å²) in [7, 11) is 3.54. The van der Waals surface area contributed by atoms with Gasteiger partial charge in [-0.2, -0.15) is 52.7 Å². The number of nitrogens with zero attached hydrogens (tertiary/aromatic N) is 8. The zero-order chi connectivity index (χ0) is 38.0. The van der Waals surface area contributed by atoms with Crippen molar-refractivity contribution in [2.45, 2.75) is 50.6 Å². The maximum Gasteiger partial charge on any atom is 0.433 e. The second-order valence-electron chi connectivity index (χ2n) is 12.4. The van der Waals surface area contributed by atoms with Crippen LogP contribution in [0.15, 0.2) is 48.8 Å². The van der Waals surface area contributed by atoms with Crippen molar-refractivity contribution in [3.8, 4) is 0 Å². The molecule has 1 saturated heterocycles. The number of aromatic nitrogens is 6. The van der Waals surface area contributed by atoms with Crippen LogP contribution >= 0.6 is 0 Å². The van der Waals surface area contributed by atoms with Crippen molar-refractivity contribution in [3.05, 3.63) is 82.7 Å². The highest BCUT2D eigenvalue weighted by Gasteiger charge is 2.41. The highest BCUT2D eigenvalue weighted by atomic mass is 19.4. The average molecular weight is 751 g/mol. The number of alkyl halides is 12. The first kappa shape index (κ1) is 37.1. The Bertz CT molecular complexity index is 2260. The molecule has 0 saturated carbocycles. The zero-order valence-corrected chi connectivity index (χ0v) is 27.0. The van der Waals surface area contributed by atoms with Gasteiger partial charge in [0.05, 0.1) is 22.5 Å². The SMILES string of the molecule is CN(C)Cc1cn2c(ccc3c(C(F)(F)F)cc(C(F)(F)F)nc32)n1.FC(F)(F)c1cc(C(F)(F)F)c2ccc3nc(CN4CCCC4)cn3c2n1. The van der Waals surface area contributed by atoms with Crippen molar-refractivity contribution in [1.29, 1.82) is 0 Å². The molecule has 7 rings (SSSR count). The lowest BCUT2D eigenvalue weighted by Gasteiger charge is -2.14. The molecule has 52 heavy (non-hydrogen) atoms. The van der Waals surface area contributed by atoms with Crippen molar-refractivity contribution in [3.63, 3.8) is 0 Å². The van der Waals surface area contributed by atoms with Crippen molar-refractivity contribution in [2.24, 2.45) is 0 Å². The van der Waals surface area contributed by atoms with E-state index >= 15 is 0 Å². The molecule has 20 heteroatoms. The maximum absolute atomic E-state index is 13.3. The van der Waals surface area contributed by atoms with Crippen LogP contribution in [0, 0.1) is 0 Å². The van der Waals surface area contributed by atoms with Gasteiger partial charge in [0.1, 0.15) is 34.0 Å². The van der Waals surface area contributed by atoms with Gasteiger partial charge < -0.3 is 4.90 Å². The molecule has 1 fully saturated rings. The van der Waals surface area contributed by atoms with E-state index in [4.69, 9.17) is 0 Å². The quantitative estimate of drug-likeness (QED) is 0.169. The Kier molecular flexibility index (Phi) is 9.30. The fourth-order valence-corrected chi connectivity index (χ4v) is 5.96. The standard InChI is InChI=1S/C17H14F6N4.C15H12F6N4/c18-16(19,20)12-7-13(17(21,22)23)25-15-11(12)3-4-14-24-10(9-27(14)15)8-26-5-1-2-6-26;1-24(2)6-8-7-25-12(22-8)4-3-9-10(14(16,17)18)5-11(15(19,20)21)23-13(9)25/h3-4,7,9H,1-2,5-6,8H2;3-5,7H,6H2,1-2H3. The predicted octanol–water partition coefficient (Wildman–Crippen LogP) is 8.50. The predicted molar refractivity (Wildman–Crippen MR) is 163 cm³/mol. The van der Waals surface area contributed by atoms with E-state index in [0.717, 1.165) is 42.5 Å². The van der Waals surface area contributed by atoms with Crippen LogP contribution < -0.4 is 0 Å². The summed E-state index contributed by atoms with van der Waals surface area (Å²) in [6.45, 7) is 2.66. The molecular weight excluding hydrogens is 724 g/mol. The normalized spacial score (nSPS) is 15.1. The summed E-state index contributed by atoms with van der Waals surface area (Å²) in [5.41, 5.74) is -5.19. The highest BCUT2D eigenvalue weighted by Crippen LogP contribution is 2.40. The largest absolute Gasteiger partial charge is 0.433 e. The minimum atomic E-state index is -5.00. The van der Waals surface area contributed by atoms with Crippen molar-refractivity contribution >= 4 is 33.4 Å². The summed E-state index contributed by atoms with van der Waals surface area (Å²) < 4.78 is 160. The first-order valence-electron chi connectivity index (χ1n) is 15.4. The van der Waals surface area contributed by atoms with Gasteiger partial charge in [0.25, 0.3) is 0 Å². The summed E-state index contributed by atoms with van der Waals surface area (Å²) in [5, 5.41) is -0.810. The van der Waals surface area contributed by atoms with Gasteiger partial charge in [-0.15, -0.1) is 0 Å². The van der Waals surface area contributed by atoms with E-state index < -0.39 is 69.3 Å². The number of imidazole rings is 2.